The molecule has 1 aliphatic carbocycles. The van der Waals surface area contributed by atoms with Crippen LogP contribution in [0.15, 0.2) is 36.7 Å². The smallest absolute Gasteiger partial charge is 0.226 e. The maximum Gasteiger partial charge on any atom is 0.226 e. The predicted molar refractivity (Wildman–Crippen MR) is 175 cm³/mol. The minimum absolute atomic E-state index is 0.0802. The van der Waals surface area contributed by atoms with Crippen molar-refractivity contribution in [2.75, 3.05) is 33.4 Å². The highest BCUT2D eigenvalue weighted by Crippen LogP contribution is 2.46. The molecule has 3 aliphatic rings. The Bertz CT molecular complexity index is 1560. The van der Waals surface area contributed by atoms with Gasteiger partial charge in [0.15, 0.2) is 0 Å². The molecule has 6 rings (SSSR count). The van der Waals surface area contributed by atoms with Gasteiger partial charge in [0.25, 0.3) is 0 Å². The van der Waals surface area contributed by atoms with Crippen molar-refractivity contribution in [2.45, 2.75) is 88.6 Å². The van der Waals surface area contributed by atoms with Crippen molar-refractivity contribution in [3.8, 4) is 0 Å². The van der Waals surface area contributed by atoms with Crippen LogP contribution in [-0.2, 0) is 22.0 Å². The molecule has 2 unspecified atom stereocenters. The molecule has 2 aromatic carbocycles. The van der Waals surface area contributed by atoms with Gasteiger partial charge in [0.2, 0.25) is 5.91 Å². The lowest BCUT2D eigenvalue weighted by Crippen LogP contribution is -2.44. The van der Waals surface area contributed by atoms with E-state index >= 15 is 4.39 Å². The molecule has 7 nitrogen and oxygen atoms in total. The van der Waals surface area contributed by atoms with Gasteiger partial charge in [0.05, 0.1) is 0 Å². The Balaban J connectivity index is 1.22. The van der Waals surface area contributed by atoms with Gasteiger partial charge < -0.3 is 14.5 Å². The lowest BCUT2D eigenvalue weighted by Gasteiger charge is -2.37. The molecule has 10 heteroatoms. The predicted octanol–water partition coefficient (Wildman–Crippen LogP) is 6.76. The maximum absolute atomic E-state index is 15.2. The van der Waals surface area contributed by atoms with E-state index in [1.165, 1.54) is 17.2 Å². The first-order valence-corrected chi connectivity index (χ1v) is 17.0. The lowest BCUT2D eigenvalue weighted by atomic mass is 9.75. The van der Waals surface area contributed by atoms with Crippen LogP contribution in [0.25, 0.3) is 0 Å². The fraction of sp³-hybridized carbons (Fsp3) is 0.583. The molecule has 3 aromatic rings. The molecule has 2 aliphatic heterocycles. The van der Waals surface area contributed by atoms with Gasteiger partial charge in [-0.2, -0.15) is 5.10 Å². The van der Waals surface area contributed by atoms with Gasteiger partial charge in [-0.05, 0) is 113 Å². The number of halogens is 3. The Morgan fingerprint density at radius 2 is 1.74 bits per heavy atom. The van der Waals surface area contributed by atoms with Crippen molar-refractivity contribution in [2.24, 2.45) is 13.0 Å². The van der Waals surface area contributed by atoms with Crippen LogP contribution < -0.4 is 0 Å². The number of hydrogen-bond donors (Lipinski definition) is 0. The first-order valence-electron chi connectivity index (χ1n) is 16.6. The molecule has 3 heterocycles. The fourth-order valence-corrected chi connectivity index (χ4v) is 8.53. The topological polar surface area (TPSA) is 63.5 Å². The Morgan fingerprint density at radius 3 is 2.39 bits per heavy atom. The van der Waals surface area contributed by atoms with Crippen molar-refractivity contribution in [3.63, 3.8) is 0 Å². The molecule has 1 amide bonds. The van der Waals surface area contributed by atoms with Crippen LogP contribution in [0.3, 0.4) is 0 Å². The third-order valence-electron chi connectivity index (χ3n) is 11.1. The van der Waals surface area contributed by atoms with Gasteiger partial charge in [-0.25, -0.2) is 13.8 Å². The van der Waals surface area contributed by atoms with Crippen LogP contribution in [-0.4, -0.2) is 75.9 Å². The number of carbonyl (C=O) groups is 1. The molecule has 248 valence electrons. The molecule has 2 saturated heterocycles. The average Bonchev–Trinajstić information content (AvgIpc) is 3.69. The molecular formula is C36H46ClF2N5O2. The van der Waals surface area contributed by atoms with Gasteiger partial charge in [-0.15, -0.1) is 0 Å². The number of aryl methyl sites for hydroxylation is 2. The summed E-state index contributed by atoms with van der Waals surface area (Å²) >= 11 is 6.71. The molecule has 0 bridgehead atoms. The quantitative estimate of drug-likeness (QED) is 0.282. The highest BCUT2D eigenvalue weighted by Gasteiger charge is 2.45. The Labute approximate surface area is 276 Å². The first-order chi connectivity index (χ1) is 22.0. The number of amides is 1. The highest BCUT2D eigenvalue weighted by atomic mass is 35.5. The zero-order valence-corrected chi connectivity index (χ0v) is 28.4. The number of likely N-dealkylation sites (tertiary alicyclic amines) is 1. The van der Waals surface area contributed by atoms with Crippen LogP contribution in [0.5, 0.6) is 0 Å². The molecule has 0 radical (unpaired) electrons. The van der Waals surface area contributed by atoms with E-state index in [2.05, 4.69) is 48.0 Å². The summed E-state index contributed by atoms with van der Waals surface area (Å²) in [5.41, 5.74) is 3.44. The van der Waals surface area contributed by atoms with Gasteiger partial charge in [0.1, 0.15) is 23.8 Å². The lowest BCUT2D eigenvalue weighted by molar-refractivity contribution is -0.137. The van der Waals surface area contributed by atoms with Crippen LogP contribution in [0.4, 0.5) is 8.78 Å². The number of nitrogens with zero attached hydrogens (tertiary/aromatic N) is 5. The summed E-state index contributed by atoms with van der Waals surface area (Å²) in [5.74, 6) is -0.634. The maximum atomic E-state index is 15.2. The SMILES string of the molecule is Cc1cc(C(C)(C)c2ncnn2C)c(C2CCN(C(=O)C3CC(N(C)C4CCOCC4)C[C@H]3c3ccc(F)cc3F)CC2)cc1Cl. The summed E-state index contributed by atoms with van der Waals surface area (Å²) < 4.78 is 36.5. The fourth-order valence-electron chi connectivity index (χ4n) is 8.36. The van der Waals surface area contributed by atoms with E-state index in [4.69, 9.17) is 16.3 Å². The summed E-state index contributed by atoms with van der Waals surface area (Å²) in [4.78, 5) is 23.3. The summed E-state index contributed by atoms with van der Waals surface area (Å²) in [6.07, 6.45) is 6.44. The number of piperidine rings is 1. The Morgan fingerprint density at radius 1 is 1.02 bits per heavy atom. The number of hydrogen-bond acceptors (Lipinski definition) is 5. The Hall–Kier alpha value is -2.88. The third-order valence-corrected chi connectivity index (χ3v) is 11.5. The number of ether oxygens (including phenoxy) is 1. The summed E-state index contributed by atoms with van der Waals surface area (Å²) in [6, 6.07) is 8.61. The standard InChI is InChI=1S/C36H46ClF2N5O2/c1-22-16-31(36(2,3)35-40-21-41-43(35)5)28(20-32(22)37)23-8-12-44(13-9-23)34(45)30-19-26(42(4)25-10-14-46-15-11-25)18-29(30)27-7-6-24(38)17-33(27)39/h6-7,16-17,20-21,23,25-26,29-30H,8-15,18-19H2,1-5H3/t26?,29-,30?/m0/s1. The second-order valence-corrected chi connectivity index (χ2v) is 14.5. The van der Waals surface area contributed by atoms with Crippen LogP contribution in [0, 0.1) is 24.5 Å². The molecular weight excluding hydrogens is 608 g/mol. The molecule has 3 fully saturated rings. The number of rotatable bonds is 7. The monoisotopic (exact) mass is 653 g/mol. The van der Waals surface area contributed by atoms with E-state index in [0.717, 1.165) is 61.4 Å². The van der Waals surface area contributed by atoms with Gasteiger partial charge in [-0.3, -0.25) is 9.48 Å². The minimum Gasteiger partial charge on any atom is -0.381 e. The first kappa shape index (κ1) is 33.0. The van der Waals surface area contributed by atoms with Crippen molar-refractivity contribution in [1.82, 2.24) is 24.6 Å². The van der Waals surface area contributed by atoms with E-state index in [1.807, 2.05) is 23.6 Å². The van der Waals surface area contributed by atoms with Crippen molar-refractivity contribution < 1.29 is 18.3 Å². The number of benzene rings is 2. The minimum atomic E-state index is -0.599. The van der Waals surface area contributed by atoms with Gasteiger partial charge >= 0.3 is 0 Å². The van der Waals surface area contributed by atoms with Gasteiger partial charge in [-0.1, -0.05) is 23.7 Å². The Kier molecular flexibility index (Phi) is 9.57. The van der Waals surface area contributed by atoms with Crippen LogP contribution in [0.2, 0.25) is 5.02 Å². The molecule has 3 atom stereocenters. The zero-order valence-electron chi connectivity index (χ0n) is 27.6. The average molecular weight is 654 g/mol. The van der Waals surface area contributed by atoms with E-state index in [1.54, 1.807) is 12.4 Å². The normalized spacial score (nSPS) is 23.4. The summed E-state index contributed by atoms with van der Waals surface area (Å²) in [5, 5.41) is 5.06. The number of aromatic nitrogens is 3. The zero-order chi connectivity index (χ0) is 32.7. The van der Waals surface area contributed by atoms with Crippen molar-refractivity contribution >= 4 is 17.5 Å². The van der Waals surface area contributed by atoms with Crippen molar-refractivity contribution in [3.05, 3.63) is 81.4 Å². The molecule has 46 heavy (non-hydrogen) atoms. The van der Waals surface area contributed by atoms with Crippen LogP contribution >= 0.6 is 11.6 Å². The van der Waals surface area contributed by atoms with E-state index in [0.29, 0.717) is 37.5 Å². The molecule has 1 saturated carbocycles. The second kappa shape index (κ2) is 13.3. The van der Waals surface area contributed by atoms with E-state index < -0.39 is 17.0 Å². The van der Waals surface area contributed by atoms with E-state index in [9.17, 15) is 9.18 Å². The van der Waals surface area contributed by atoms with Crippen LogP contribution in [0.1, 0.15) is 92.3 Å². The van der Waals surface area contributed by atoms with Gasteiger partial charge in [0, 0.05) is 67.9 Å². The van der Waals surface area contributed by atoms with Crippen molar-refractivity contribution in [1.29, 1.82) is 0 Å². The summed E-state index contributed by atoms with van der Waals surface area (Å²) in [7, 11) is 4.04. The molecule has 0 N–H and O–H groups in total. The van der Waals surface area contributed by atoms with E-state index in [-0.39, 0.29) is 29.7 Å². The third kappa shape index (κ3) is 6.35. The largest absolute Gasteiger partial charge is 0.381 e. The highest BCUT2D eigenvalue weighted by molar-refractivity contribution is 6.31. The number of carbonyl (C=O) groups excluding carboxylic acids is 1. The second-order valence-electron chi connectivity index (χ2n) is 14.1. The molecule has 0 spiro atoms. The molecule has 1 aromatic heterocycles. The summed E-state index contributed by atoms with van der Waals surface area (Å²) in [6.45, 7) is 9.08.